The third kappa shape index (κ3) is 4.57. The van der Waals surface area contributed by atoms with Crippen LogP contribution in [0.4, 0.5) is 5.69 Å². The van der Waals surface area contributed by atoms with Crippen LogP contribution in [0.5, 0.6) is 5.75 Å². The number of anilines is 1. The van der Waals surface area contributed by atoms with Crippen molar-refractivity contribution in [2.24, 2.45) is 5.11 Å². The molecule has 0 bridgehead atoms. The SMILES string of the molecule is CCOC(=O)c1ccccc1NC(=O)C(Cc1cnn2c1CCc1cc(OC)ccc1-2)N=[N+]=[N-]. The van der Waals surface area contributed by atoms with E-state index in [9.17, 15) is 9.59 Å². The van der Waals surface area contributed by atoms with Crippen molar-refractivity contribution in [1.29, 1.82) is 0 Å². The number of amides is 1. The van der Waals surface area contributed by atoms with Gasteiger partial charge in [0.05, 0.1) is 36.9 Å². The van der Waals surface area contributed by atoms with E-state index in [2.05, 4.69) is 20.4 Å². The van der Waals surface area contributed by atoms with E-state index in [-0.39, 0.29) is 18.6 Å². The normalized spacial score (nSPS) is 12.5. The maximum Gasteiger partial charge on any atom is 0.340 e. The van der Waals surface area contributed by atoms with Gasteiger partial charge in [-0.05, 0) is 73.2 Å². The van der Waals surface area contributed by atoms with Gasteiger partial charge in [0.25, 0.3) is 0 Å². The van der Waals surface area contributed by atoms with E-state index in [0.717, 1.165) is 41.1 Å². The number of fused-ring (bicyclic) bond motifs is 3. The Kier molecular flexibility index (Phi) is 6.79. The van der Waals surface area contributed by atoms with Gasteiger partial charge in [-0.15, -0.1) is 0 Å². The Morgan fingerprint density at radius 2 is 2.09 bits per heavy atom. The molecule has 4 rings (SSSR count). The van der Waals surface area contributed by atoms with Gasteiger partial charge in [0.15, 0.2) is 0 Å². The Balaban J connectivity index is 1.57. The molecule has 0 saturated heterocycles. The number of hydrogen-bond acceptors (Lipinski definition) is 6. The van der Waals surface area contributed by atoms with Gasteiger partial charge in [0.1, 0.15) is 11.8 Å². The maximum absolute atomic E-state index is 13.0. The number of azide groups is 1. The van der Waals surface area contributed by atoms with Crippen molar-refractivity contribution < 1.29 is 19.1 Å². The summed E-state index contributed by atoms with van der Waals surface area (Å²) in [4.78, 5) is 28.1. The molecule has 0 spiro atoms. The van der Waals surface area contributed by atoms with Gasteiger partial charge in [-0.1, -0.05) is 17.2 Å². The number of para-hydroxylation sites is 1. The van der Waals surface area contributed by atoms with Crippen molar-refractivity contribution in [3.05, 3.63) is 81.5 Å². The summed E-state index contributed by atoms with van der Waals surface area (Å²) in [5, 5.41) is 10.9. The van der Waals surface area contributed by atoms with Crippen LogP contribution in [0.15, 0.2) is 53.8 Å². The quantitative estimate of drug-likeness (QED) is 0.235. The predicted octanol–water partition coefficient (Wildman–Crippen LogP) is 4.02. The van der Waals surface area contributed by atoms with E-state index in [1.54, 1.807) is 44.5 Å². The van der Waals surface area contributed by atoms with Gasteiger partial charge in [-0.25, -0.2) is 9.48 Å². The van der Waals surface area contributed by atoms with Gasteiger partial charge in [0, 0.05) is 10.6 Å². The standard InChI is InChI=1S/C24H24N6O4/c1-3-34-24(32)18-6-4-5-7-19(18)27-23(31)20(28-29-25)13-16-14-26-30-21-11-9-17(33-2)12-15(21)8-10-22(16)30/h4-7,9,11-12,14,20H,3,8,10,13H2,1-2H3,(H,27,31). The molecule has 0 radical (unpaired) electrons. The van der Waals surface area contributed by atoms with Crippen molar-refractivity contribution in [3.63, 3.8) is 0 Å². The summed E-state index contributed by atoms with van der Waals surface area (Å²) < 4.78 is 12.2. The van der Waals surface area contributed by atoms with E-state index < -0.39 is 17.9 Å². The van der Waals surface area contributed by atoms with E-state index in [4.69, 9.17) is 15.0 Å². The molecule has 34 heavy (non-hydrogen) atoms. The molecular weight excluding hydrogens is 436 g/mol. The molecule has 1 aromatic heterocycles. The monoisotopic (exact) mass is 460 g/mol. The van der Waals surface area contributed by atoms with Crippen molar-refractivity contribution >= 4 is 17.6 Å². The Hall–Kier alpha value is -4.30. The molecule has 1 atom stereocenters. The topological polar surface area (TPSA) is 131 Å². The van der Waals surface area contributed by atoms with Crippen molar-refractivity contribution in [2.75, 3.05) is 19.0 Å². The first kappa shape index (κ1) is 22.9. The fraction of sp³-hybridized carbons (Fsp3) is 0.292. The summed E-state index contributed by atoms with van der Waals surface area (Å²) in [7, 11) is 1.63. The molecule has 10 heteroatoms. The summed E-state index contributed by atoms with van der Waals surface area (Å²) in [5.41, 5.74) is 13.5. The Bertz CT molecular complexity index is 1280. The third-order valence-corrected chi connectivity index (χ3v) is 5.69. The largest absolute Gasteiger partial charge is 0.497 e. The van der Waals surface area contributed by atoms with Crippen LogP contribution in [0.3, 0.4) is 0 Å². The highest BCUT2D eigenvalue weighted by Crippen LogP contribution is 2.30. The van der Waals surface area contributed by atoms with Gasteiger partial charge < -0.3 is 14.8 Å². The van der Waals surface area contributed by atoms with Crippen molar-refractivity contribution in [2.45, 2.75) is 32.2 Å². The van der Waals surface area contributed by atoms with Gasteiger partial charge in [0.2, 0.25) is 5.91 Å². The molecule has 3 aromatic rings. The number of nitrogens with zero attached hydrogens (tertiary/aromatic N) is 5. The minimum atomic E-state index is -1.02. The number of carbonyl (C=O) groups excluding carboxylic acids is 2. The second-order valence-corrected chi connectivity index (χ2v) is 7.70. The number of esters is 1. The number of ether oxygens (including phenoxy) is 2. The lowest BCUT2D eigenvalue weighted by atomic mass is 9.97. The molecule has 1 unspecified atom stereocenters. The zero-order chi connectivity index (χ0) is 24.1. The molecule has 2 aromatic carbocycles. The average molecular weight is 460 g/mol. The summed E-state index contributed by atoms with van der Waals surface area (Å²) in [5.74, 6) is -0.270. The van der Waals surface area contributed by atoms with Crippen LogP contribution >= 0.6 is 0 Å². The zero-order valence-corrected chi connectivity index (χ0v) is 18.9. The molecule has 1 N–H and O–H groups in total. The number of aromatic nitrogens is 2. The van der Waals surface area contributed by atoms with Gasteiger partial charge >= 0.3 is 5.97 Å². The molecule has 0 aliphatic carbocycles. The highest BCUT2D eigenvalue weighted by atomic mass is 16.5. The van der Waals surface area contributed by atoms with E-state index in [1.165, 1.54) is 0 Å². The first-order valence-corrected chi connectivity index (χ1v) is 10.9. The van der Waals surface area contributed by atoms with Crippen LogP contribution in [0, 0.1) is 0 Å². The smallest absolute Gasteiger partial charge is 0.340 e. The van der Waals surface area contributed by atoms with Crippen LogP contribution < -0.4 is 10.1 Å². The summed E-state index contributed by atoms with van der Waals surface area (Å²) in [6.45, 7) is 1.92. The van der Waals surface area contributed by atoms with E-state index in [0.29, 0.717) is 5.69 Å². The summed E-state index contributed by atoms with van der Waals surface area (Å²) >= 11 is 0. The molecule has 174 valence electrons. The molecule has 0 fully saturated rings. The van der Waals surface area contributed by atoms with Crippen LogP contribution in [-0.4, -0.2) is 41.4 Å². The summed E-state index contributed by atoms with van der Waals surface area (Å²) in [6.07, 6.45) is 3.41. The number of benzene rings is 2. The molecule has 0 saturated carbocycles. The average Bonchev–Trinajstić information content (AvgIpc) is 3.27. The highest BCUT2D eigenvalue weighted by molar-refractivity contribution is 6.02. The maximum atomic E-state index is 13.0. The van der Waals surface area contributed by atoms with E-state index in [1.807, 2.05) is 22.9 Å². The lowest BCUT2D eigenvalue weighted by molar-refractivity contribution is -0.117. The predicted molar refractivity (Wildman–Crippen MR) is 125 cm³/mol. The van der Waals surface area contributed by atoms with Gasteiger partial charge in [-0.3, -0.25) is 4.79 Å². The second kappa shape index (κ2) is 10.1. The molecular formula is C24H24N6O4. The van der Waals surface area contributed by atoms with Crippen LogP contribution in [0.25, 0.3) is 16.1 Å². The molecule has 1 aliphatic heterocycles. The third-order valence-electron chi connectivity index (χ3n) is 5.69. The van der Waals surface area contributed by atoms with E-state index >= 15 is 0 Å². The first-order chi connectivity index (χ1) is 16.5. The zero-order valence-electron chi connectivity index (χ0n) is 18.9. The van der Waals surface area contributed by atoms with Gasteiger partial charge in [-0.2, -0.15) is 5.10 Å². The van der Waals surface area contributed by atoms with Crippen LogP contribution in [-0.2, 0) is 28.8 Å². The Labute approximate surface area is 196 Å². The number of hydrogen-bond donors (Lipinski definition) is 1. The number of nitrogens with one attached hydrogen (secondary N) is 1. The minimum Gasteiger partial charge on any atom is -0.497 e. The molecule has 1 aliphatic rings. The fourth-order valence-corrected chi connectivity index (χ4v) is 4.05. The lowest BCUT2D eigenvalue weighted by Gasteiger charge is -2.20. The first-order valence-electron chi connectivity index (χ1n) is 10.9. The Morgan fingerprint density at radius 1 is 1.26 bits per heavy atom. The number of rotatable bonds is 8. The van der Waals surface area contributed by atoms with Crippen molar-refractivity contribution in [1.82, 2.24) is 9.78 Å². The molecule has 2 heterocycles. The number of methoxy groups -OCH3 is 1. The number of aryl methyl sites for hydroxylation is 1. The van der Waals surface area contributed by atoms with Crippen LogP contribution in [0.1, 0.15) is 34.1 Å². The second-order valence-electron chi connectivity index (χ2n) is 7.70. The summed E-state index contributed by atoms with van der Waals surface area (Å²) in [6, 6.07) is 11.4. The number of carbonyl (C=O) groups is 2. The Morgan fingerprint density at radius 3 is 2.85 bits per heavy atom. The molecule has 10 nitrogen and oxygen atoms in total. The fourth-order valence-electron chi connectivity index (χ4n) is 4.05. The lowest BCUT2D eigenvalue weighted by Crippen LogP contribution is -2.29. The minimum absolute atomic E-state index is 0.179. The highest BCUT2D eigenvalue weighted by Gasteiger charge is 2.26. The van der Waals surface area contributed by atoms with Crippen LogP contribution in [0.2, 0.25) is 0 Å². The molecule has 1 amide bonds. The van der Waals surface area contributed by atoms with Crippen molar-refractivity contribution in [3.8, 4) is 11.4 Å².